The van der Waals surface area contributed by atoms with E-state index in [4.69, 9.17) is 9.47 Å². The second-order valence-electron chi connectivity index (χ2n) is 8.43. The van der Waals surface area contributed by atoms with Crippen LogP contribution in [-0.4, -0.2) is 27.5 Å². The summed E-state index contributed by atoms with van der Waals surface area (Å²) in [4.78, 5) is 23.7. The Labute approximate surface area is 195 Å². The van der Waals surface area contributed by atoms with Crippen molar-refractivity contribution >= 4 is 11.7 Å². The van der Waals surface area contributed by atoms with Gasteiger partial charge in [-0.3, -0.25) is 4.79 Å². The fourth-order valence-corrected chi connectivity index (χ4v) is 4.45. The SMILES string of the molecule is O=C1CCc2c(Oc3ccc4c(c3)CC(c3ncc(-c5ccccc5F)[nH]3)CO4)ccnc2N1. The van der Waals surface area contributed by atoms with Crippen LogP contribution in [0.4, 0.5) is 10.2 Å². The molecule has 4 aromatic rings. The number of nitrogens with one attached hydrogen (secondary N) is 2. The van der Waals surface area contributed by atoms with Crippen LogP contribution in [0.25, 0.3) is 11.3 Å². The average molecular weight is 456 g/mol. The smallest absolute Gasteiger partial charge is 0.225 e. The number of halogens is 1. The molecule has 4 heterocycles. The van der Waals surface area contributed by atoms with Crippen LogP contribution in [0.2, 0.25) is 0 Å². The molecule has 0 aliphatic carbocycles. The Morgan fingerprint density at radius 2 is 2.00 bits per heavy atom. The predicted octanol–water partition coefficient (Wildman–Crippen LogP) is 5.01. The van der Waals surface area contributed by atoms with Crippen molar-refractivity contribution in [3.8, 4) is 28.5 Å². The van der Waals surface area contributed by atoms with Gasteiger partial charge in [0.15, 0.2) is 0 Å². The number of rotatable bonds is 4. The van der Waals surface area contributed by atoms with Crippen molar-refractivity contribution in [2.45, 2.75) is 25.2 Å². The highest BCUT2D eigenvalue weighted by molar-refractivity contribution is 5.93. The fraction of sp³-hybridized carbons (Fsp3) is 0.192. The summed E-state index contributed by atoms with van der Waals surface area (Å²) in [6, 6.07) is 14.2. The van der Waals surface area contributed by atoms with Gasteiger partial charge in [-0.1, -0.05) is 12.1 Å². The zero-order chi connectivity index (χ0) is 23.1. The van der Waals surface area contributed by atoms with Crippen molar-refractivity contribution in [1.29, 1.82) is 0 Å². The lowest BCUT2D eigenvalue weighted by molar-refractivity contribution is -0.116. The molecule has 2 aromatic heterocycles. The fourth-order valence-electron chi connectivity index (χ4n) is 4.45. The largest absolute Gasteiger partial charge is 0.493 e. The molecule has 2 aliphatic rings. The highest BCUT2D eigenvalue weighted by Gasteiger charge is 2.25. The van der Waals surface area contributed by atoms with Gasteiger partial charge in [-0.05, 0) is 54.8 Å². The second-order valence-corrected chi connectivity index (χ2v) is 8.43. The van der Waals surface area contributed by atoms with E-state index in [0.717, 1.165) is 22.7 Å². The minimum atomic E-state index is -0.289. The maximum absolute atomic E-state index is 14.2. The van der Waals surface area contributed by atoms with Gasteiger partial charge in [-0.25, -0.2) is 14.4 Å². The number of benzene rings is 2. The van der Waals surface area contributed by atoms with E-state index >= 15 is 0 Å². The minimum Gasteiger partial charge on any atom is -0.493 e. The first kappa shape index (κ1) is 20.4. The van der Waals surface area contributed by atoms with Crippen LogP contribution in [0, 0.1) is 5.82 Å². The third kappa shape index (κ3) is 3.77. The zero-order valence-corrected chi connectivity index (χ0v) is 18.2. The van der Waals surface area contributed by atoms with Crippen LogP contribution in [0.3, 0.4) is 0 Å². The van der Waals surface area contributed by atoms with E-state index < -0.39 is 0 Å². The lowest BCUT2D eigenvalue weighted by Gasteiger charge is -2.25. The molecular formula is C26H21FN4O3. The van der Waals surface area contributed by atoms with E-state index in [1.165, 1.54) is 6.07 Å². The standard InChI is InChI=1S/C26H21FN4O3/c27-20-4-2-1-3-18(20)21-13-29-25(30-21)16-11-15-12-17(5-7-22(15)33-14-16)34-23-9-10-28-26-19(23)6-8-24(32)31-26/h1-5,7,9-10,12-13,16H,6,8,11,14H2,(H,29,30)(H,28,31,32). The maximum atomic E-state index is 14.2. The normalized spacial score (nSPS) is 16.7. The average Bonchev–Trinajstić information content (AvgIpc) is 3.34. The first-order chi connectivity index (χ1) is 16.6. The molecule has 0 bridgehead atoms. The number of ether oxygens (including phenoxy) is 2. The number of carbonyl (C=O) groups excluding carboxylic acids is 1. The molecule has 1 atom stereocenters. The summed E-state index contributed by atoms with van der Waals surface area (Å²) < 4.78 is 26.3. The molecule has 0 spiro atoms. The summed E-state index contributed by atoms with van der Waals surface area (Å²) >= 11 is 0. The third-order valence-corrected chi connectivity index (χ3v) is 6.19. The number of amides is 1. The van der Waals surface area contributed by atoms with Gasteiger partial charge in [0.1, 0.15) is 34.7 Å². The van der Waals surface area contributed by atoms with Gasteiger partial charge in [-0.2, -0.15) is 0 Å². The minimum absolute atomic E-state index is 0.00664. The Kier molecular flexibility index (Phi) is 4.98. The van der Waals surface area contributed by atoms with Crippen LogP contribution >= 0.6 is 0 Å². The molecular weight excluding hydrogens is 435 g/mol. The molecule has 2 aliphatic heterocycles. The van der Waals surface area contributed by atoms with Crippen molar-refractivity contribution in [1.82, 2.24) is 15.0 Å². The Bertz CT molecular complexity index is 1400. The number of anilines is 1. The van der Waals surface area contributed by atoms with Crippen molar-refractivity contribution < 1.29 is 18.7 Å². The molecule has 34 heavy (non-hydrogen) atoms. The molecule has 1 unspecified atom stereocenters. The van der Waals surface area contributed by atoms with Crippen LogP contribution in [0.5, 0.6) is 17.2 Å². The molecule has 0 fully saturated rings. The Balaban J connectivity index is 1.23. The number of carbonyl (C=O) groups is 1. The number of fused-ring (bicyclic) bond motifs is 2. The summed E-state index contributed by atoms with van der Waals surface area (Å²) in [5, 5.41) is 2.79. The topological polar surface area (TPSA) is 89.1 Å². The maximum Gasteiger partial charge on any atom is 0.225 e. The Morgan fingerprint density at radius 1 is 1.09 bits per heavy atom. The van der Waals surface area contributed by atoms with Gasteiger partial charge in [0.2, 0.25) is 5.91 Å². The van der Waals surface area contributed by atoms with E-state index in [1.54, 1.807) is 30.6 Å². The van der Waals surface area contributed by atoms with Crippen molar-refractivity contribution in [2.24, 2.45) is 0 Å². The highest BCUT2D eigenvalue weighted by Crippen LogP contribution is 2.37. The van der Waals surface area contributed by atoms with E-state index in [0.29, 0.717) is 54.4 Å². The number of pyridine rings is 1. The van der Waals surface area contributed by atoms with Gasteiger partial charge in [0, 0.05) is 23.7 Å². The van der Waals surface area contributed by atoms with E-state index in [2.05, 4.69) is 20.3 Å². The number of nitrogens with zero attached hydrogens (tertiary/aromatic N) is 2. The molecule has 2 aromatic carbocycles. The molecule has 8 heteroatoms. The summed E-state index contributed by atoms with van der Waals surface area (Å²) in [6.07, 6.45) is 4.99. The van der Waals surface area contributed by atoms with E-state index in [-0.39, 0.29) is 17.6 Å². The molecule has 1 amide bonds. The quantitative estimate of drug-likeness (QED) is 0.451. The lowest BCUT2D eigenvalue weighted by atomic mass is 9.96. The van der Waals surface area contributed by atoms with Crippen molar-refractivity contribution in [3.05, 3.63) is 83.7 Å². The first-order valence-electron chi connectivity index (χ1n) is 11.1. The van der Waals surface area contributed by atoms with Gasteiger partial charge < -0.3 is 19.8 Å². The van der Waals surface area contributed by atoms with Crippen LogP contribution in [-0.2, 0) is 17.6 Å². The number of imidazole rings is 1. The summed E-state index contributed by atoms with van der Waals surface area (Å²) in [5.41, 5.74) is 3.04. The molecule has 170 valence electrons. The van der Waals surface area contributed by atoms with Crippen LogP contribution in [0.15, 0.2) is 60.9 Å². The molecule has 0 saturated heterocycles. The molecule has 0 saturated carbocycles. The van der Waals surface area contributed by atoms with Crippen molar-refractivity contribution in [3.63, 3.8) is 0 Å². The molecule has 7 nitrogen and oxygen atoms in total. The van der Waals surface area contributed by atoms with Gasteiger partial charge in [0.05, 0.1) is 24.4 Å². The van der Waals surface area contributed by atoms with E-state index in [1.807, 2.05) is 24.3 Å². The second kappa shape index (κ2) is 8.30. The van der Waals surface area contributed by atoms with Gasteiger partial charge in [0.25, 0.3) is 0 Å². The molecule has 6 rings (SSSR count). The predicted molar refractivity (Wildman–Crippen MR) is 124 cm³/mol. The Hall–Kier alpha value is -4.20. The number of hydrogen-bond donors (Lipinski definition) is 2. The number of aromatic amines is 1. The first-order valence-corrected chi connectivity index (χ1v) is 11.1. The highest BCUT2D eigenvalue weighted by atomic mass is 19.1. The number of hydrogen-bond acceptors (Lipinski definition) is 5. The third-order valence-electron chi connectivity index (χ3n) is 6.19. The number of H-pyrrole nitrogens is 1. The van der Waals surface area contributed by atoms with Gasteiger partial charge >= 0.3 is 0 Å². The van der Waals surface area contributed by atoms with E-state index in [9.17, 15) is 9.18 Å². The molecule has 0 radical (unpaired) electrons. The summed E-state index contributed by atoms with van der Waals surface area (Å²) in [6.45, 7) is 0.481. The van der Waals surface area contributed by atoms with Gasteiger partial charge in [-0.15, -0.1) is 0 Å². The summed E-state index contributed by atoms with van der Waals surface area (Å²) in [7, 11) is 0. The molecule has 2 N–H and O–H groups in total. The zero-order valence-electron chi connectivity index (χ0n) is 18.2. The Morgan fingerprint density at radius 3 is 2.91 bits per heavy atom. The monoisotopic (exact) mass is 456 g/mol. The summed E-state index contributed by atoms with van der Waals surface area (Å²) in [5.74, 6) is 3.17. The van der Waals surface area contributed by atoms with Crippen LogP contribution in [0.1, 0.15) is 29.3 Å². The lowest BCUT2D eigenvalue weighted by Crippen LogP contribution is -2.20. The number of aromatic nitrogens is 3. The van der Waals surface area contributed by atoms with Crippen LogP contribution < -0.4 is 14.8 Å². The van der Waals surface area contributed by atoms with Crippen molar-refractivity contribution in [2.75, 3.05) is 11.9 Å².